The molecule has 0 saturated carbocycles. The molecule has 2 aromatic heterocycles. The molecule has 2 aromatic rings. The Morgan fingerprint density at radius 1 is 1.08 bits per heavy atom. The van der Waals surface area contributed by atoms with E-state index in [9.17, 15) is 0 Å². The van der Waals surface area contributed by atoms with Gasteiger partial charge < -0.3 is 0 Å². The molecule has 0 unspecified atom stereocenters. The van der Waals surface area contributed by atoms with E-state index >= 15 is 0 Å². The molecule has 0 amide bonds. The first-order valence-electron chi connectivity index (χ1n) is 4.16. The normalized spacial score (nSPS) is 12.6. The Hall–Kier alpha value is 0.357. The molecule has 0 saturated heterocycles. The van der Waals surface area contributed by atoms with Crippen LogP contribution in [0.1, 0.15) is 0 Å². The van der Waals surface area contributed by atoms with E-state index < -0.39 is 8.07 Å². The van der Waals surface area contributed by atoms with E-state index in [2.05, 4.69) is 47.7 Å². The van der Waals surface area contributed by atoms with Crippen LogP contribution in [0.4, 0.5) is 0 Å². The lowest BCUT2D eigenvalue weighted by Gasteiger charge is -2.11. The van der Waals surface area contributed by atoms with Crippen LogP contribution < -0.4 is 4.50 Å². The van der Waals surface area contributed by atoms with Crippen LogP contribution in [-0.2, 0) is 0 Å². The van der Waals surface area contributed by atoms with E-state index in [0.29, 0.717) is 0 Å². The zero-order valence-electron chi connectivity index (χ0n) is 7.85. The SMILES string of the molecule is C[Si](C)(C)c1cc2sc(Br)cc2s1. The molecular formula is C9H11BrS2Si. The summed E-state index contributed by atoms with van der Waals surface area (Å²) >= 11 is 7.32. The Labute approximate surface area is 95.7 Å². The van der Waals surface area contributed by atoms with E-state index in [4.69, 9.17) is 0 Å². The number of fused-ring (bicyclic) bond motifs is 1. The lowest BCUT2D eigenvalue weighted by molar-refractivity contribution is 1.79. The van der Waals surface area contributed by atoms with Gasteiger partial charge in [-0.1, -0.05) is 19.6 Å². The highest BCUT2D eigenvalue weighted by atomic mass is 79.9. The van der Waals surface area contributed by atoms with Crippen molar-refractivity contribution in [3.05, 3.63) is 15.9 Å². The summed E-state index contributed by atoms with van der Waals surface area (Å²) in [5.74, 6) is 0. The molecule has 0 aromatic carbocycles. The molecule has 13 heavy (non-hydrogen) atoms. The van der Waals surface area contributed by atoms with E-state index in [0.717, 1.165) is 0 Å². The summed E-state index contributed by atoms with van der Waals surface area (Å²) in [7, 11) is -1.09. The Balaban J connectivity index is 2.57. The molecule has 0 atom stereocenters. The van der Waals surface area contributed by atoms with Crippen molar-refractivity contribution in [2.45, 2.75) is 19.6 Å². The minimum atomic E-state index is -1.09. The molecule has 0 aliphatic heterocycles. The molecule has 0 fully saturated rings. The average Bonchev–Trinajstić information content (AvgIpc) is 2.40. The number of rotatable bonds is 1. The third-order valence-electron chi connectivity index (χ3n) is 1.92. The van der Waals surface area contributed by atoms with Gasteiger partial charge in [0, 0.05) is 9.40 Å². The second-order valence-electron chi connectivity index (χ2n) is 4.14. The third-order valence-corrected chi connectivity index (χ3v) is 8.29. The van der Waals surface area contributed by atoms with Gasteiger partial charge in [-0.15, -0.1) is 22.7 Å². The Morgan fingerprint density at radius 3 is 2.23 bits per heavy atom. The average molecular weight is 291 g/mol. The lowest BCUT2D eigenvalue weighted by atomic mass is 10.5. The minimum absolute atomic E-state index is 1.09. The summed E-state index contributed by atoms with van der Waals surface area (Å²) in [6.45, 7) is 7.20. The molecule has 0 aliphatic carbocycles. The molecule has 0 N–H and O–H groups in total. The standard InChI is InChI=1S/C9H11BrS2Si/c1-13(2,3)9-5-7-6(12-9)4-8(10)11-7/h4-5H,1-3H3. The summed E-state index contributed by atoms with van der Waals surface area (Å²) in [5, 5.41) is 0. The van der Waals surface area contributed by atoms with Crippen LogP contribution in [0.3, 0.4) is 0 Å². The predicted molar refractivity (Wildman–Crippen MR) is 70.4 cm³/mol. The highest BCUT2D eigenvalue weighted by molar-refractivity contribution is 9.11. The number of hydrogen-bond acceptors (Lipinski definition) is 2. The van der Waals surface area contributed by atoms with Crippen LogP contribution in [-0.4, -0.2) is 8.07 Å². The molecule has 0 spiro atoms. The lowest BCUT2D eigenvalue weighted by Crippen LogP contribution is -2.34. The fourth-order valence-electron chi connectivity index (χ4n) is 1.18. The smallest absolute Gasteiger partial charge is 0.0904 e. The summed E-state index contributed by atoms with van der Waals surface area (Å²) in [5.41, 5.74) is 0. The molecule has 0 bridgehead atoms. The Morgan fingerprint density at radius 2 is 1.69 bits per heavy atom. The van der Waals surface area contributed by atoms with Crippen LogP contribution in [0.5, 0.6) is 0 Å². The van der Waals surface area contributed by atoms with Crippen molar-refractivity contribution in [1.82, 2.24) is 0 Å². The van der Waals surface area contributed by atoms with Crippen LogP contribution in [0.2, 0.25) is 19.6 Å². The van der Waals surface area contributed by atoms with Gasteiger partial charge in [-0.3, -0.25) is 0 Å². The van der Waals surface area contributed by atoms with E-state index in [1.807, 2.05) is 22.7 Å². The van der Waals surface area contributed by atoms with Crippen LogP contribution in [0.15, 0.2) is 15.9 Å². The highest BCUT2D eigenvalue weighted by Gasteiger charge is 2.19. The van der Waals surface area contributed by atoms with E-state index in [-0.39, 0.29) is 0 Å². The van der Waals surface area contributed by atoms with Gasteiger partial charge in [0.2, 0.25) is 0 Å². The van der Waals surface area contributed by atoms with Crippen molar-refractivity contribution in [3.63, 3.8) is 0 Å². The van der Waals surface area contributed by atoms with Crippen LogP contribution in [0, 0.1) is 0 Å². The van der Waals surface area contributed by atoms with Crippen LogP contribution in [0.25, 0.3) is 9.40 Å². The summed E-state index contributed by atoms with van der Waals surface area (Å²) in [4.78, 5) is 0. The topological polar surface area (TPSA) is 0 Å². The van der Waals surface area contributed by atoms with Crippen molar-refractivity contribution in [2.75, 3.05) is 0 Å². The number of hydrogen-bond donors (Lipinski definition) is 0. The molecule has 0 nitrogen and oxygen atoms in total. The fraction of sp³-hybridized carbons (Fsp3) is 0.333. The summed E-state index contributed by atoms with van der Waals surface area (Å²) in [6.07, 6.45) is 0. The van der Waals surface area contributed by atoms with Crippen molar-refractivity contribution in [3.8, 4) is 0 Å². The zero-order valence-corrected chi connectivity index (χ0v) is 12.1. The Kier molecular flexibility index (Phi) is 2.43. The molecule has 0 radical (unpaired) electrons. The maximum atomic E-state index is 3.52. The van der Waals surface area contributed by atoms with Gasteiger partial charge in [-0.25, -0.2) is 0 Å². The quantitative estimate of drug-likeness (QED) is 0.688. The molecule has 2 rings (SSSR count). The van der Waals surface area contributed by atoms with Gasteiger partial charge in [-0.05, 0) is 32.6 Å². The van der Waals surface area contributed by atoms with Crippen molar-refractivity contribution < 1.29 is 0 Å². The summed E-state index contributed by atoms with van der Waals surface area (Å²) < 4.78 is 5.74. The highest BCUT2D eigenvalue weighted by Crippen LogP contribution is 2.33. The number of thiophene rings is 2. The minimum Gasteiger partial charge on any atom is -0.144 e. The van der Waals surface area contributed by atoms with Crippen LogP contribution >= 0.6 is 38.6 Å². The molecular weight excluding hydrogens is 280 g/mol. The van der Waals surface area contributed by atoms with Crippen molar-refractivity contribution in [1.29, 1.82) is 0 Å². The van der Waals surface area contributed by atoms with Gasteiger partial charge in [0.25, 0.3) is 0 Å². The van der Waals surface area contributed by atoms with Gasteiger partial charge in [0.05, 0.1) is 11.9 Å². The largest absolute Gasteiger partial charge is 0.144 e. The van der Waals surface area contributed by atoms with E-state index in [1.54, 1.807) is 4.50 Å². The van der Waals surface area contributed by atoms with E-state index in [1.165, 1.54) is 13.2 Å². The van der Waals surface area contributed by atoms with Gasteiger partial charge in [0.1, 0.15) is 0 Å². The zero-order chi connectivity index (χ0) is 9.64. The second kappa shape index (κ2) is 3.19. The Bertz CT molecular complexity index is 404. The molecule has 2 heterocycles. The summed E-state index contributed by atoms with van der Waals surface area (Å²) in [6, 6.07) is 4.61. The molecule has 4 heteroatoms. The van der Waals surface area contributed by atoms with Gasteiger partial charge >= 0.3 is 0 Å². The fourth-order valence-corrected chi connectivity index (χ4v) is 6.19. The monoisotopic (exact) mass is 290 g/mol. The third kappa shape index (κ3) is 1.91. The first-order valence-corrected chi connectivity index (χ1v) is 10.1. The maximum absolute atomic E-state index is 3.52. The predicted octanol–water partition coefficient (Wildman–Crippen LogP) is 4.27. The van der Waals surface area contributed by atoms with Gasteiger partial charge in [-0.2, -0.15) is 0 Å². The number of halogens is 1. The molecule has 0 aliphatic rings. The van der Waals surface area contributed by atoms with Crippen molar-refractivity contribution in [2.24, 2.45) is 0 Å². The molecule has 70 valence electrons. The first-order chi connectivity index (χ1) is 5.97. The van der Waals surface area contributed by atoms with Gasteiger partial charge in [0.15, 0.2) is 0 Å². The second-order valence-corrected chi connectivity index (χ2v) is 13.1. The van der Waals surface area contributed by atoms with Crippen molar-refractivity contribution >= 4 is 60.6 Å². The first kappa shape index (κ1) is 9.89. The maximum Gasteiger partial charge on any atom is 0.0904 e.